The molecule has 3 amide bonds. The zero-order valence-corrected chi connectivity index (χ0v) is 18.4. The summed E-state index contributed by atoms with van der Waals surface area (Å²) in [5.74, 6) is -0.0415. The molecule has 1 saturated heterocycles. The van der Waals surface area contributed by atoms with Crippen LogP contribution in [0.3, 0.4) is 0 Å². The van der Waals surface area contributed by atoms with E-state index in [0.717, 1.165) is 43.4 Å². The highest BCUT2D eigenvalue weighted by molar-refractivity contribution is 7.10. The van der Waals surface area contributed by atoms with Crippen molar-refractivity contribution < 1.29 is 14.4 Å². The van der Waals surface area contributed by atoms with Gasteiger partial charge in [-0.25, -0.2) is 0 Å². The maximum Gasteiger partial charge on any atom is 0.251 e. The summed E-state index contributed by atoms with van der Waals surface area (Å²) in [7, 11) is 0. The quantitative estimate of drug-likeness (QED) is 0.726. The Labute approximate surface area is 187 Å². The molecule has 2 fully saturated rings. The van der Waals surface area contributed by atoms with Crippen LogP contribution in [-0.4, -0.2) is 47.3 Å². The zero-order valence-electron chi connectivity index (χ0n) is 17.6. The van der Waals surface area contributed by atoms with E-state index in [4.69, 9.17) is 0 Å². The van der Waals surface area contributed by atoms with E-state index in [1.54, 1.807) is 16.2 Å². The van der Waals surface area contributed by atoms with Crippen LogP contribution >= 0.6 is 11.3 Å². The number of hydrogen-bond acceptors (Lipinski definition) is 4. The second kappa shape index (κ2) is 10.1. The van der Waals surface area contributed by atoms with Crippen molar-refractivity contribution in [1.29, 1.82) is 0 Å². The van der Waals surface area contributed by atoms with Crippen molar-refractivity contribution in [2.24, 2.45) is 0 Å². The van der Waals surface area contributed by atoms with Gasteiger partial charge in [0.15, 0.2) is 0 Å². The number of hydrogen-bond donors (Lipinski definition) is 2. The first-order valence-corrected chi connectivity index (χ1v) is 12.0. The lowest BCUT2D eigenvalue weighted by molar-refractivity contribution is -0.138. The Bertz CT molecular complexity index is 892. The molecule has 0 spiro atoms. The minimum atomic E-state index is -0.358. The number of carbonyl (C=O) groups excluding carboxylic acids is 3. The number of benzene rings is 1. The molecule has 1 aromatic heterocycles. The first-order valence-electron chi connectivity index (χ1n) is 11.1. The molecular formula is C24H29N3O3S. The van der Waals surface area contributed by atoms with E-state index in [2.05, 4.69) is 10.6 Å². The Balaban J connectivity index is 1.24. The van der Waals surface area contributed by atoms with Gasteiger partial charge in [0.1, 0.15) is 6.04 Å². The normalized spacial score (nSPS) is 23.4. The lowest BCUT2D eigenvalue weighted by atomic mass is 9.90. The van der Waals surface area contributed by atoms with Crippen LogP contribution in [0.5, 0.6) is 0 Å². The van der Waals surface area contributed by atoms with Gasteiger partial charge in [-0.15, -0.1) is 11.3 Å². The molecule has 7 heteroatoms. The molecule has 2 heterocycles. The van der Waals surface area contributed by atoms with Crippen LogP contribution in [0.2, 0.25) is 0 Å². The first kappa shape index (κ1) is 21.6. The maximum atomic E-state index is 12.9. The van der Waals surface area contributed by atoms with Crippen molar-refractivity contribution >= 4 is 29.1 Å². The predicted octanol–water partition coefficient (Wildman–Crippen LogP) is 3.14. The molecule has 2 aliphatic rings. The van der Waals surface area contributed by atoms with Crippen molar-refractivity contribution in [1.82, 2.24) is 15.5 Å². The van der Waals surface area contributed by atoms with Gasteiger partial charge in [0.25, 0.3) is 5.91 Å². The Kier molecular flexibility index (Phi) is 7.02. The number of nitrogens with zero attached hydrogens (tertiary/aromatic N) is 1. The Morgan fingerprint density at radius 2 is 1.61 bits per heavy atom. The van der Waals surface area contributed by atoms with E-state index in [1.165, 1.54) is 0 Å². The summed E-state index contributed by atoms with van der Waals surface area (Å²) in [5.41, 5.74) is 0.673. The number of rotatable bonds is 6. The molecule has 6 nitrogen and oxygen atoms in total. The van der Waals surface area contributed by atoms with Gasteiger partial charge in [-0.05, 0) is 62.1 Å². The summed E-state index contributed by atoms with van der Waals surface area (Å²) in [4.78, 5) is 40.7. The molecule has 164 valence electrons. The van der Waals surface area contributed by atoms with Crippen molar-refractivity contribution in [2.75, 3.05) is 6.54 Å². The fraction of sp³-hybridized carbons (Fsp3) is 0.458. The van der Waals surface area contributed by atoms with Crippen LogP contribution in [0, 0.1) is 0 Å². The maximum absolute atomic E-state index is 12.9. The number of carbonyl (C=O) groups is 3. The highest BCUT2D eigenvalue weighted by Crippen LogP contribution is 2.23. The molecule has 1 atom stereocenters. The van der Waals surface area contributed by atoms with E-state index < -0.39 is 0 Å². The van der Waals surface area contributed by atoms with Gasteiger partial charge in [-0.3, -0.25) is 14.4 Å². The molecule has 1 saturated carbocycles. The van der Waals surface area contributed by atoms with Gasteiger partial charge in [0, 0.05) is 29.1 Å². The van der Waals surface area contributed by atoms with Crippen LogP contribution in [0.25, 0.3) is 0 Å². The molecule has 4 rings (SSSR count). The Morgan fingerprint density at radius 1 is 0.903 bits per heavy atom. The topological polar surface area (TPSA) is 78.5 Å². The minimum absolute atomic E-state index is 0.0335. The van der Waals surface area contributed by atoms with E-state index >= 15 is 0 Å². The van der Waals surface area contributed by atoms with Gasteiger partial charge in [0.05, 0.1) is 6.42 Å². The van der Waals surface area contributed by atoms with Crippen LogP contribution in [-0.2, 0) is 16.0 Å². The van der Waals surface area contributed by atoms with Crippen LogP contribution < -0.4 is 10.6 Å². The predicted molar refractivity (Wildman–Crippen MR) is 121 cm³/mol. The smallest absolute Gasteiger partial charge is 0.251 e. The molecule has 1 aliphatic carbocycles. The zero-order chi connectivity index (χ0) is 21.6. The Morgan fingerprint density at radius 3 is 2.29 bits per heavy atom. The number of nitrogens with one attached hydrogen (secondary N) is 2. The van der Waals surface area contributed by atoms with Crippen LogP contribution in [0.1, 0.15) is 53.8 Å². The lowest BCUT2D eigenvalue weighted by Gasteiger charge is -2.31. The molecule has 2 N–H and O–H groups in total. The summed E-state index contributed by atoms with van der Waals surface area (Å²) in [5, 5.41) is 8.24. The van der Waals surface area contributed by atoms with Crippen molar-refractivity contribution in [3.63, 3.8) is 0 Å². The molecule has 2 aromatic rings. The van der Waals surface area contributed by atoms with E-state index in [0.29, 0.717) is 18.5 Å². The molecule has 31 heavy (non-hydrogen) atoms. The molecule has 0 bridgehead atoms. The molecular weight excluding hydrogens is 410 g/mol. The monoisotopic (exact) mass is 439 g/mol. The second-order valence-corrected chi connectivity index (χ2v) is 9.43. The van der Waals surface area contributed by atoms with Gasteiger partial charge in [-0.1, -0.05) is 24.3 Å². The first-order chi connectivity index (χ1) is 15.1. The summed E-state index contributed by atoms with van der Waals surface area (Å²) in [6.45, 7) is 0.653. The van der Waals surface area contributed by atoms with Crippen LogP contribution in [0.4, 0.5) is 0 Å². The van der Waals surface area contributed by atoms with E-state index in [-0.39, 0.29) is 35.8 Å². The third-order valence-corrected chi connectivity index (χ3v) is 7.10. The molecule has 0 radical (unpaired) electrons. The highest BCUT2D eigenvalue weighted by Gasteiger charge is 2.35. The van der Waals surface area contributed by atoms with E-state index in [1.807, 2.05) is 47.8 Å². The number of amides is 3. The van der Waals surface area contributed by atoms with Gasteiger partial charge in [0.2, 0.25) is 11.8 Å². The molecule has 1 aliphatic heterocycles. The average molecular weight is 440 g/mol. The fourth-order valence-electron chi connectivity index (χ4n) is 4.54. The number of likely N-dealkylation sites (tertiary alicyclic amines) is 1. The SMILES string of the molecule is O=C(NC1CCC(NC(=O)[C@H]2CCCN2C(=O)Cc2cccs2)CC1)c1ccccc1. The largest absolute Gasteiger partial charge is 0.352 e. The molecule has 0 unspecified atom stereocenters. The van der Waals surface area contributed by atoms with Crippen molar-refractivity contribution in [3.8, 4) is 0 Å². The summed E-state index contributed by atoms with van der Waals surface area (Å²) < 4.78 is 0. The summed E-state index contributed by atoms with van der Waals surface area (Å²) in [6, 6.07) is 13.0. The van der Waals surface area contributed by atoms with Gasteiger partial charge >= 0.3 is 0 Å². The summed E-state index contributed by atoms with van der Waals surface area (Å²) in [6.07, 6.45) is 5.32. The van der Waals surface area contributed by atoms with Crippen LogP contribution in [0.15, 0.2) is 47.8 Å². The highest BCUT2D eigenvalue weighted by atomic mass is 32.1. The average Bonchev–Trinajstić information content (AvgIpc) is 3.48. The second-order valence-electron chi connectivity index (χ2n) is 8.40. The standard InChI is InChI=1S/C24H29N3O3S/c28-22(16-20-8-5-15-31-20)27-14-4-9-21(27)24(30)26-19-12-10-18(11-13-19)25-23(29)17-6-2-1-3-7-17/h1-3,5-8,15,18-19,21H,4,9-14,16H2,(H,25,29)(H,26,30)/t18?,19?,21-/m1/s1. The van der Waals surface area contributed by atoms with Gasteiger partial charge < -0.3 is 15.5 Å². The minimum Gasteiger partial charge on any atom is -0.352 e. The molecule has 1 aromatic carbocycles. The lowest BCUT2D eigenvalue weighted by Crippen LogP contribution is -2.50. The Hall–Kier alpha value is -2.67. The van der Waals surface area contributed by atoms with Crippen molar-refractivity contribution in [3.05, 3.63) is 58.3 Å². The fourth-order valence-corrected chi connectivity index (χ4v) is 5.24. The third kappa shape index (κ3) is 5.53. The number of thiophene rings is 1. The summed E-state index contributed by atoms with van der Waals surface area (Å²) >= 11 is 1.57. The van der Waals surface area contributed by atoms with Crippen molar-refractivity contribution in [2.45, 2.75) is 63.1 Å². The van der Waals surface area contributed by atoms with E-state index in [9.17, 15) is 14.4 Å². The van der Waals surface area contributed by atoms with Gasteiger partial charge in [-0.2, -0.15) is 0 Å². The third-order valence-electron chi connectivity index (χ3n) is 6.23.